The monoisotopic (exact) mass is 233 g/mol. The van der Waals surface area contributed by atoms with E-state index in [1.165, 1.54) is 12.8 Å². The third kappa shape index (κ3) is 2.15. The van der Waals surface area contributed by atoms with Crippen LogP contribution in [0.1, 0.15) is 31.4 Å². The molecule has 2 unspecified atom stereocenters. The fourth-order valence-electron chi connectivity index (χ4n) is 3.28. The number of piperidine rings is 1. The van der Waals surface area contributed by atoms with Crippen molar-refractivity contribution < 1.29 is 5.11 Å². The summed E-state index contributed by atoms with van der Waals surface area (Å²) >= 11 is 0. The molecule has 0 amide bonds. The molecule has 3 heterocycles. The van der Waals surface area contributed by atoms with E-state index in [2.05, 4.69) is 9.88 Å². The van der Waals surface area contributed by atoms with Gasteiger partial charge in [0.25, 0.3) is 0 Å². The van der Waals surface area contributed by atoms with Crippen molar-refractivity contribution in [1.82, 2.24) is 9.88 Å². The first-order valence-corrected chi connectivity index (χ1v) is 6.37. The molecule has 4 nitrogen and oxygen atoms in total. The largest absolute Gasteiger partial charge is 0.393 e. The molecule has 1 aromatic heterocycles. The van der Waals surface area contributed by atoms with Gasteiger partial charge in [-0.1, -0.05) is 6.07 Å². The number of nitrogens with two attached hydrogens (primary N) is 1. The van der Waals surface area contributed by atoms with Gasteiger partial charge in [0, 0.05) is 18.6 Å². The van der Waals surface area contributed by atoms with Gasteiger partial charge in [0.2, 0.25) is 0 Å². The number of rotatable bonds is 2. The Morgan fingerprint density at radius 2 is 2.00 bits per heavy atom. The zero-order valence-corrected chi connectivity index (χ0v) is 9.92. The van der Waals surface area contributed by atoms with Gasteiger partial charge in [-0.15, -0.1) is 0 Å². The number of hydrogen-bond acceptors (Lipinski definition) is 4. The van der Waals surface area contributed by atoms with Crippen LogP contribution in [0.3, 0.4) is 0 Å². The second-order valence-electron chi connectivity index (χ2n) is 5.24. The second-order valence-corrected chi connectivity index (χ2v) is 5.24. The van der Waals surface area contributed by atoms with Crippen LogP contribution in [-0.4, -0.2) is 33.2 Å². The maximum atomic E-state index is 9.76. The molecule has 3 rings (SSSR count). The minimum Gasteiger partial charge on any atom is -0.393 e. The summed E-state index contributed by atoms with van der Waals surface area (Å²) in [5.74, 6) is 0.590. The molecule has 0 saturated carbocycles. The SMILES string of the molecule is Nc1cccc(CN2C3CCC2CC(O)C3)n1. The average Bonchev–Trinajstić information content (AvgIpc) is 2.54. The second kappa shape index (κ2) is 4.27. The van der Waals surface area contributed by atoms with E-state index in [9.17, 15) is 5.11 Å². The molecule has 2 aliphatic heterocycles. The van der Waals surface area contributed by atoms with Crippen LogP contribution in [0.25, 0.3) is 0 Å². The lowest BCUT2D eigenvalue weighted by Gasteiger charge is -2.36. The third-order valence-electron chi connectivity index (χ3n) is 4.03. The van der Waals surface area contributed by atoms with Gasteiger partial charge in [-0.2, -0.15) is 0 Å². The molecule has 3 N–H and O–H groups in total. The van der Waals surface area contributed by atoms with Crippen molar-refractivity contribution in [3.05, 3.63) is 23.9 Å². The predicted octanol–water partition coefficient (Wildman–Crippen LogP) is 1.15. The molecule has 2 fully saturated rings. The van der Waals surface area contributed by atoms with E-state index >= 15 is 0 Å². The Hall–Kier alpha value is -1.13. The van der Waals surface area contributed by atoms with Crippen LogP contribution >= 0.6 is 0 Å². The van der Waals surface area contributed by atoms with Crippen LogP contribution in [0.2, 0.25) is 0 Å². The van der Waals surface area contributed by atoms with Crippen molar-refractivity contribution in [2.45, 2.75) is 50.4 Å². The zero-order chi connectivity index (χ0) is 11.8. The van der Waals surface area contributed by atoms with Crippen molar-refractivity contribution in [2.24, 2.45) is 0 Å². The molecule has 0 spiro atoms. The first-order chi connectivity index (χ1) is 8.22. The summed E-state index contributed by atoms with van der Waals surface area (Å²) < 4.78 is 0. The van der Waals surface area contributed by atoms with Gasteiger partial charge in [0.15, 0.2) is 0 Å². The van der Waals surface area contributed by atoms with E-state index in [0.717, 1.165) is 25.1 Å². The minimum absolute atomic E-state index is 0.0995. The molecule has 2 saturated heterocycles. The highest BCUT2D eigenvalue weighted by Crippen LogP contribution is 2.36. The Morgan fingerprint density at radius 1 is 1.29 bits per heavy atom. The Labute approximate surface area is 101 Å². The number of hydrogen-bond donors (Lipinski definition) is 2. The van der Waals surface area contributed by atoms with Crippen molar-refractivity contribution in [2.75, 3.05) is 5.73 Å². The van der Waals surface area contributed by atoms with Crippen molar-refractivity contribution in [1.29, 1.82) is 0 Å². The van der Waals surface area contributed by atoms with E-state index < -0.39 is 0 Å². The third-order valence-corrected chi connectivity index (χ3v) is 4.03. The summed E-state index contributed by atoms with van der Waals surface area (Å²) in [6, 6.07) is 6.87. The van der Waals surface area contributed by atoms with Gasteiger partial charge < -0.3 is 10.8 Å². The molecule has 2 bridgehead atoms. The molecule has 4 heteroatoms. The van der Waals surface area contributed by atoms with E-state index in [4.69, 9.17) is 5.73 Å². The molecule has 17 heavy (non-hydrogen) atoms. The van der Waals surface area contributed by atoms with Crippen LogP contribution < -0.4 is 5.73 Å². The van der Waals surface area contributed by atoms with Crippen molar-refractivity contribution in [3.63, 3.8) is 0 Å². The fourth-order valence-corrected chi connectivity index (χ4v) is 3.28. The Bertz CT molecular complexity index is 395. The number of nitrogen functional groups attached to an aromatic ring is 1. The lowest BCUT2D eigenvalue weighted by molar-refractivity contribution is 0.0304. The fraction of sp³-hybridized carbons (Fsp3) is 0.615. The van der Waals surface area contributed by atoms with Crippen LogP contribution in [-0.2, 0) is 6.54 Å². The quantitative estimate of drug-likeness (QED) is 0.804. The zero-order valence-electron chi connectivity index (χ0n) is 9.92. The Morgan fingerprint density at radius 3 is 2.65 bits per heavy atom. The standard InChI is InChI=1S/C13H19N3O/c14-13-3-1-2-9(15-13)8-16-10-4-5-11(16)7-12(17)6-10/h1-3,10-12,17H,4-8H2,(H2,14,15). The Balaban J connectivity index is 1.74. The number of nitrogens with zero attached hydrogens (tertiary/aromatic N) is 2. The predicted molar refractivity (Wildman–Crippen MR) is 66.2 cm³/mol. The number of aliphatic hydroxyl groups is 1. The maximum absolute atomic E-state index is 9.76. The summed E-state index contributed by atoms with van der Waals surface area (Å²) in [4.78, 5) is 6.85. The van der Waals surface area contributed by atoms with Crippen LogP contribution in [0.4, 0.5) is 5.82 Å². The molecule has 0 aliphatic carbocycles. The van der Waals surface area contributed by atoms with E-state index in [1.807, 2.05) is 18.2 Å². The highest BCUT2D eigenvalue weighted by Gasteiger charge is 2.39. The number of anilines is 1. The van der Waals surface area contributed by atoms with Gasteiger partial charge >= 0.3 is 0 Å². The lowest BCUT2D eigenvalue weighted by atomic mass is 10.00. The normalized spacial score (nSPS) is 32.9. The van der Waals surface area contributed by atoms with E-state index in [-0.39, 0.29) is 6.10 Å². The molecular weight excluding hydrogens is 214 g/mol. The first-order valence-electron chi connectivity index (χ1n) is 6.37. The molecule has 0 radical (unpaired) electrons. The number of aliphatic hydroxyl groups excluding tert-OH is 1. The highest BCUT2D eigenvalue weighted by molar-refractivity contribution is 5.28. The molecule has 2 atom stereocenters. The van der Waals surface area contributed by atoms with Crippen LogP contribution in [0.15, 0.2) is 18.2 Å². The number of aromatic nitrogens is 1. The van der Waals surface area contributed by atoms with E-state index in [1.54, 1.807) is 0 Å². The summed E-state index contributed by atoms with van der Waals surface area (Å²) in [7, 11) is 0. The van der Waals surface area contributed by atoms with Crippen molar-refractivity contribution in [3.8, 4) is 0 Å². The van der Waals surface area contributed by atoms with Gasteiger partial charge in [-0.3, -0.25) is 4.90 Å². The summed E-state index contributed by atoms with van der Waals surface area (Å²) in [5, 5.41) is 9.76. The molecular formula is C13H19N3O. The van der Waals surface area contributed by atoms with Gasteiger partial charge in [0.05, 0.1) is 11.8 Å². The lowest BCUT2D eigenvalue weighted by Crippen LogP contribution is -2.44. The molecule has 2 aliphatic rings. The number of fused-ring (bicyclic) bond motifs is 2. The van der Waals surface area contributed by atoms with E-state index in [0.29, 0.717) is 17.9 Å². The van der Waals surface area contributed by atoms with Gasteiger partial charge in [-0.05, 0) is 37.8 Å². The van der Waals surface area contributed by atoms with Crippen molar-refractivity contribution >= 4 is 5.82 Å². The summed E-state index contributed by atoms with van der Waals surface area (Å²) in [5.41, 5.74) is 6.74. The summed E-state index contributed by atoms with van der Waals surface area (Å²) in [6.45, 7) is 0.868. The molecule has 92 valence electrons. The molecule has 1 aromatic rings. The minimum atomic E-state index is -0.0995. The smallest absolute Gasteiger partial charge is 0.123 e. The summed E-state index contributed by atoms with van der Waals surface area (Å²) in [6.07, 6.45) is 4.16. The van der Waals surface area contributed by atoms with Crippen LogP contribution in [0.5, 0.6) is 0 Å². The molecule has 0 aromatic carbocycles. The first kappa shape index (κ1) is 11.0. The van der Waals surface area contributed by atoms with Crippen LogP contribution in [0, 0.1) is 0 Å². The average molecular weight is 233 g/mol. The topological polar surface area (TPSA) is 62.4 Å². The Kier molecular flexibility index (Phi) is 2.76. The maximum Gasteiger partial charge on any atom is 0.123 e. The highest BCUT2D eigenvalue weighted by atomic mass is 16.3. The van der Waals surface area contributed by atoms with Gasteiger partial charge in [-0.25, -0.2) is 4.98 Å². The van der Waals surface area contributed by atoms with Gasteiger partial charge in [0.1, 0.15) is 5.82 Å². The number of pyridine rings is 1.